The van der Waals surface area contributed by atoms with E-state index in [9.17, 15) is 4.39 Å². The summed E-state index contributed by atoms with van der Waals surface area (Å²) in [6.07, 6.45) is 3.46. The van der Waals surface area contributed by atoms with Crippen LogP contribution >= 0.6 is 0 Å². The molecule has 0 unspecified atom stereocenters. The largest absolute Gasteiger partial charge is 0.249 e. The number of hydrogen-bond donors (Lipinski definition) is 0. The molecule has 1 aliphatic rings. The topological polar surface area (TPSA) is 0 Å². The van der Waals surface area contributed by atoms with Crippen LogP contribution in [-0.2, 0) is 32.7 Å². The first-order chi connectivity index (χ1) is 3.30. The van der Waals surface area contributed by atoms with Gasteiger partial charge in [-0.25, -0.2) is 4.39 Å². The predicted molar refractivity (Wildman–Crippen MR) is 27.3 cm³/mol. The molecular weight excluding hydrogens is 180 g/mol. The zero-order chi connectivity index (χ0) is 5.28. The molecule has 0 saturated heterocycles. The minimum absolute atomic E-state index is 0. The average Bonchev–Trinajstić information content (AvgIpc) is 1.91. The quantitative estimate of drug-likeness (QED) is 0.511. The normalized spacial score (nSPS) is 17.8. The van der Waals surface area contributed by atoms with Crippen LogP contribution < -0.4 is 0 Å². The molecule has 0 amide bonds. The summed E-state index contributed by atoms with van der Waals surface area (Å²) in [4.78, 5) is 0. The number of rotatable bonds is 0. The third kappa shape index (κ3) is 1.87. The van der Waals surface area contributed by atoms with E-state index in [0.29, 0.717) is 0 Å². The van der Waals surface area contributed by atoms with Gasteiger partial charge in [0.1, 0.15) is 0 Å². The first-order valence-corrected chi connectivity index (χ1v) is 2.49. The predicted octanol–water partition coefficient (Wildman–Crippen LogP) is 2.23. The van der Waals surface area contributed by atoms with Gasteiger partial charge in [-0.15, -0.1) is 19.8 Å². The second kappa shape index (κ2) is 3.63. The van der Waals surface area contributed by atoms with Crippen LogP contribution in [0, 0.1) is 6.42 Å². The minimum Gasteiger partial charge on any atom is -0.249 e. The van der Waals surface area contributed by atoms with Crippen molar-refractivity contribution < 1.29 is 37.1 Å². The van der Waals surface area contributed by atoms with E-state index in [1.807, 2.05) is 6.92 Å². The zero-order valence-corrected chi connectivity index (χ0v) is 7.79. The Morgan fingerprint density at radius 2 is 2.25 bits per heavy atom. The molecule has 1 aliphatic carbocycles. The molecule has 0 fully saturated rings. The van der Waals surface area contributed by atoms with E-state index in [4.69, 9.17) is 0 Å². The van der Waals surface area contributed by atoms with Crippen LogP contribution in [0.3, 0.4) is 0 Å². The fourth-order valence-electron chi connectivity index (χ4n) is 0.709. The maximum Gasteiger partial charge on any atom is 0 e. The van der Waals surface area contributed by atoms with E-state index in [1.54, 1.807) is 6.42 Å². The van der Waals surface area contributed by atoms with Crippen LogP contribution in [0.15, 0.2) is 11.4 Å². The molecule has 0 aromatic carbocycles. The summed E-state index contributed by atoms with van der Waals surface area (Å²) in [5, 5.41) is 0. The molecule has 0 nitrogen and oxygen atoms in total. The van der Waals surface area contributed by atoms with Crippen LogP contribution in [0.25, 0.3) is 0 Å². The Balaban J connectivity index is 0.000000490. The van der Waals surface area contributed by atoms with Gasteiger partial charge >= 0.3 is 0 Å². The molecule has 0 saturated carbocycles. The Kier molecular flexibility index (Phi) is 3.92. The van der Waals surface area contributed by atoms with Crippen molar-refractivity contribution >= 4 is 0 Å². The first-order valence-electron chi connectivity index (χ1n) is 2.49. The van der Waals surface area contributed by atoms with Crippen molar-refractivity contribution in [1.82, 2.24) is 0 Å². The van der Waals surface area contributed by atoms with Gasteiger partial charge in [0.25, 0.3) is 0 Å². The van der Waals surface area contributed by atoms with Crippen LogP contribution in [-0.4, -0.2) is 0 Å². The van der Waals surface area contributed by atoms with Gasteiger partial charge < -0.3 is 0 Å². The summed E-state index contributed by atoms with van der Waals surface area (Å²) < 4.78 is 12.1. The molecule has 0 atom stereocenters. The van der Waals surface area contributed by atoms with Crippen LogP contribution in [0.1, 0.15) is 19.8 Å². The Labute approximate surface area is 74.4 Å². The van der Waals surface area contributed by atoms with Crippen molar-refractivity contribution in [3.63, 3.8) is 0 Å². The van der Waals surface area contributed by atoms with Crippen LogP contribution in [0.5, 0.6) is 0 Å². The van der Waals surface area contributed by atoms with E-state index in [2.05, 4.69) is 0 Å². The molecule has 43 valence electrons. The maximum absolute atomic E-state index is 12.1. The van der Waals surface area contributed by atoms with Crippen LogP contribution in [0.2, 0.25) is 0 Å². The van der Waals surface area contributed by atoms with Gasteiger partial charge in [0.2, 0.25) is 0 Å². The Morgan fingerprint density at radius 1 is 1.62 bits per heavy atom. The summed E-state index contributed by atoms with van der Waals surface area (Å²) in [6, 6.07) is 0. The number of halogens is 1. The van der Waals surface area contributed by atoms with E-state index in [0.717, 1.165) is 18.4 Å². The molecule has 1 rings (SSSR count). The van der Waals surface area contributed by atoms with E-state index in [-0.39, 0.29) is 38.5 Å². The summed E-state index contributed by atoms with van der Waals surface area (Å²) in [6.45, 7) is 1.83. The molecule has 0 aliphatic heterocycles. The molecule has 1 radical (unpaired) electrons. The van der Waals surface area contributed by atoms with E-state index in [1.165, 1.54) is 0 Å². The summed E-state index contributed by atoms with van der Waals surface area (Å²) in [5.41, 5.74) is 0.903. The molecule has 0 aromatic heterocycles. The maximum atomic E-state index is 12.1. The summed E-state index contributed by atoms with van der Waals surface area (Å²) >= 11 is 0. The van der Waals surface area contributed by atoms with Gasteiger partial charge in [0.05, 0.1) is 0 Å². The van der Waals surface area contributed by atoms with E-state index < -0.39 is 0 Å². The smallest absolute Gasteiger partial charge is 0 e. The molecule has 0 N–H and O–H groups in total. The number of allylic oxidation sites excluding steroid dienone is 2. The van der Waals surface area contributed by atoms with Gasteiger partial charge in [-0.1, -0.05) is 0 Å². The Morgan fingerprint density at radius 3 is 2.38 bits per heavy atom. The molecule has 8 heavy (non-hydrogen) atoms. The first kappa shape index (κ1) is 8.64. The standard InChI is InChI=1S/C6H8F.Y/c1-5-3-2-4-6(5)7;/h4H,2-3H2,1H3;/q-1;. The molecular formula is C6H8FY-. The van der Waals surface area contributed by atoms with Gasteiger partial charge in [-0.2, -0.15) is 12.0 Å². The second-order valence-corrected chi connectivity index (χ2v) is 1.87. The average molecular weight is 188 g/mol. The van der Waals surface area contributed by atoms with Gasteiger partial charge in [0.15, 0.2) is 0 Å². The zero-order valence-electron chi connectivity index (χ0n) is 4.95. The van der Waals surface area contributed by atoms with Crippen molar-refractivity contribution in [3.8, 4) is 0 Å². The van der Waals surface area contributed by atoms with Crippen molar-refractivity contribution in [1.29, 1.82) is 0 Å². The molecule has 0 heterocycles. The Hall–Kier alpha value is 0.644. The monoisotopic (exact) mass is 188 g/mol. The molecule has 0 bridgehead atoms. The molecule has 0 aromatic rings. The van der Waals surface area contributed by atoms with E-state index >= 15 is 0 Å². The van der Waals surface area contributed by atoms with Crippen molar-refractivity contribution in [2.24, 2.45) is 0 Å². The van der Waals surface area contributed by atoms with Crippen LogP contribution in [0.4, 0.5) is 4.39 Å². The minimum atomic E-state index is 0. The fraction of sp³-hybridized carbons (Fsp3) is 0.500. The van der Waals surface area contributed by atoms with Crippen molar-refractivity contribution in [2.75, 3.05) is 0 Å². The molecule has 0 spiro atoms. The SMILES string of the molecule is CC1=C(F)[CH-]CC1.[Y]. The van der Waals surface area contributed by atoms with Gasteiger partial charge in [-0.05, 0) is 5.83 Å². The van der Waals surface area contributed by atoms with Crippen molar-refractivity contribution in [2.45, 2.75) is 19.8 Å². The summed E-state index contributed by atoms with van der Waals surface area (Å²) in [5.74, 6) is 0.000000000000000444. The summed E-state index contributed by atoms with van der Waals surface area (Å²) in [7, 11) is 0. The third-order valence-corrected chi connectivity index (χ3v) is 1.25. The fourth-order valence-corrected chi connectivity index (χ4v) is 0.709. The molecule has 2 heteroatoms. The van der Waals surface area contributed by atoms with Gasteiger partial charge in [-0.3, -0.25) is 0 Å². The second-order valence-electron chi connectivity index (χ2n) is 1.87. The van der Waals surface area contributed by atoms with Crippen molar-refractivity contribution in [3.05, 3.63) is 17.8 Å². The third-order valence-electron chi connectivity index (χ3n) is 1.25. The van der Waals surface area contributed by atoms with Gasteiger partial charge in [0, 0.05) is 32.7 Å². The Bertz CT molecular complexity index is 95.1. The number of hydrogen-bond acceptors (Lipinski definition) is 0.